The first-order valence-electron chi connectivity index (χ1n) is 12.4. The molecule has 3 amide bonds. The van der Waals surface area contributed by atoms with Gasteiger partial charge in [-0.05, 0) is 63.2 Å². The lowest BCUT2D eigenvalue weighted by molar-refractivity contribution is 0.0387. The van der Waals surface area contributed by atoms with Gasteiger partial charge in [0.05, 0.1) is 29.7 Å². The average molecular weight is 551 g/mol. The number of anilines is 1. The highest BCUT2D eigenvalue weighted by molar-refractivity contribution is 7.89. The second-order valence-corrected chi connectivity index (χ2v) is 11.9. The van der Waals surface area contributed by atoms with Crippen molar-refractivity contribution in [2.24, 2.45) is 5.92 Å². The molecule has 0 radical (unpaired) electrons. The van der Waals surface area contributed by atoms with Gasteiger partial charge in [0.1, 0.15) is 17.7 Å². The number of urea groups is 1. The first kappa shape index (κ1) is 29.3. The van der Waals surface area contributed by atoms with Gasteiger partial charge in [0.2, 0.25) is 10.0 Å². The topological polar surface area (TPSA) is 128 Å². The van der Waals surface area contributed by atoms with Crippen LogP contribution in [0.4, 0.5) is 14.9 Å². The summed E-state index contributed by atoms with van der Waals surface area (Å²) in [6.07, 6.45) is -0.668. The summed E-state index contributed by atoms with van der Waals surface area (Å²) in [7, 11) is -2.53. The number of fused-ring (bicyclic) bond motifs is 1. The van der Waals surface area contributed by atoms with Crippen LogP contribution in [0.3, 0.4) is 0 Å². The van der Waals surface area contributed by atoms with Gasteiger partial charge >= 0.3 is 6.03 Å². The number of nitrogens with zero attached hydrogens (tertiary/aromatic N) is 2. The van der Waals surface area contributed by atoms with Crippen LogP contribution in [0, 0.1) is 11.7 Å². The molecule has 0 bridgehead atoms. The van der Waals surface area contributed by atoms with E-state index in [4.69, 9.17) is 4.74 Å². The maximum Gasteiger partial charge on any atom is 0.319 e. The van der Waals surface area contributed by atoms with Crippen molar-refractivity contribution in [3.8, 4) is 5.75 Å². The molecule has 0 fully saturated rings. The van der Waals surface area contributed by atoms with Crippen molar-refractivity contribution in [2.45, 2.75) is 50.8 Å². The minimum atomic E-state index is -3.94. The van der Waals surface area contributed by atoms with Crippen molar-refractivity contribution in [3.05, 3.63) is 53.8 Å². The number of benzene rings is 2. The van der Waals surface area contributed by atoms with E-state index in [0.29, 0.717) is 5.69 Å². The number of aliphatic hydroxyl groups is 1. The van der Waals surface area contributed by atoms with Crippen LogP contribution in [0.1, 0.15) is 38.1 Å². The number of carbonyl (C=O) groups excluding carboxylic acids is 2. The number of ether oxygens (including phenoxy) is 1. The van der Waals surface area contributed by atoms with E-state index in [0.717, 1.165) is 16.4 Å². The van der Waals surface area contributed by atoms with Crippen LogP contribution in [-0.4, -0.2) is 79.6 Å². The fourth-order valence-electron chi connectivity index (χ4n) is 4.09. The van der Waals surface area contributed by atoms with Gasteiger partial charge in [-0.15, -0.1) is 0 Å². The molecule has 1 aliphatic rings. The van der Waals surface area contributed by atoms with Crippen molar-refractivity contribution >= 4 is 27.6 Å². The van der Waals surface area contributed by atoms with Gasteiger partial charge in [-0.3, -0.25) is 4.79 Å². The Balaban J connectivity index is 1.94. The van der Waals surface area contributed by atoms with Crippen LogP contribution in [-0.2, 0) is 10.0 Å². The van der Waals surface area contributed by atoms with E-state index in [2.05, 4.69) is 10.6 Å². The average Bonchev–Trinajstić information content (AvgIpc) is 2.85. The van der Waals surface area contributed by atoms with Crippen LogP contribution in [0.5, 0.6) is 5.75 Å². The number of rotatable bonds is 8. The molecule has 208 valence electrons. The summed E-state index contributed by atoms with van der Waals surface area (Å²) < 4.78 is 46.9. The van der Waals surface area contributed by atoms with Crippen LogP contribution in [0.15, 0.2) is 47.4 Å². The molecule has 0 aromatic heterocycles. The highest BCUT2D eigenvalue weighted by Crippen LogP contribution is 2.31. The quantitative estimate of drug-likeness (QED) is 0.464. The predicted octanol–water partition coefficient (Wildman–Crippen LogP) is 2.90. The largest absolute Gasteiger partial charge is 0.488 e. The van der Waals surface area contributed by atoms with E-state index >= 15 is 0 Å². The number of nitrogens with one attached hydrogen (secondary N) is 2. The summed E-state index contributed by atoms with van der Waals surface area (Å²) in [6, 6.07) is 8.18. The van der Waals surface area contributed by atoms with Crippen LogP contribution in [0.25, 0.3) is 0 Å². The molecule has 0 unspecified atom stereocenters. The van der Waals surface area contributed by atoms with Crippen molar-refractivity contribution < 1.29 is 32.2 Å². The van der Waals surface area contributed by atoms with E-state index in [1.807, 2.05) is 20.8 Å². The molecular weight excluding hydrogens is 515 g/mol. The van der Waals surface area contributed by atoms with Crippen molar-refractivity contribution in [1.29, 1.82) is 0 Å². The molecular formula is C26H35FN4O6S. The van der Waals surface area contributed by atoms with E-state index < -0.39 is 34.0 Å². The zero-order chi connectivity index (χ0) is 28.2. The monoisotopic (exact) mass is 550 g/mol. The highest BCUT2D eigenvalue weighted by atomic mass is 32.2. The summed E-state index contributed by atoms with van der Waals surface area (Å²) in [5, 5.41) is 15.2. The number of aliphatic hydroxyl groups excluding tert-OH is 1. The molecule has 2 aromatic rings. The van der Waals surface area contributed by atoms with E-state index in [-0.39, 0.29) is 53.8 Å². The molecule has 1 aliphatic heterocycles. The number of sulfonamides is 1. The van der Waals surface area contributed by atoms with E-state index in [9.17, 15) is 27.5 Å². The van der Waals surface area contributed by atoms with E-state index in [1.165, 1.54) is 30.1 Å². The van der Waals surface area contributed by atoms with Gasteiger partial charge in [-0.25, -0.2) is 17.6 Å². The normalized spacial score (nSPS) is 18.9. The maximum atomic E-state index is 13.5. The molecule has 3 N–H and O–H groups in total. The molecule has 0 aliphatic carbocycles. The van der Waals surface area contributed by atoms with Crippen molar-refractivity contribution in [1.82, 2.24) is 14.5 Å². The van der Waals surface area contributed by atoms with Gasteiger partial charge in [-0.2, -0.15) is 4.31 Å². The fraction of sp³-hybridized carbons (Fsp3) is 0.462. The Labute approximate surface area is 222 Å². The second-order valence-electron chi connectivity index (χ2n) is 9.83. The summed E-state index contributed by atoms with van der Waals surface area (Å²) in [5.74, 6) is -1.02. The van der Waals surface area contributed by atoms with Gasteiger partial charge in [0.15, 0.2) is 0 Å². The number of amides is 3. The third kappa shape index (κ3) is 6.80. The van der Waals surface area contributed by atoms with Crippen molar-refractivity contribution in [3.63, 3.8) is 0 Å². The molecule has 0 saturated heterocycles. The lowest BCUT2D eigenvalue weighted by Gasteiger charge is -2.38. The summed E-state index contributed by atoms with van der Waals surface area (Å²) in [4.78, 5) is 27.2. The van der Waals surface area contributed by atoms with Crippen LogP contribution >= 0.6 is 0 Å². The number of hydrogen-bond donors (Lipinski definition) is 3. The van der Waals surface area contributed by atoms with Gasteiger partial charge in [0.25, 0.3) is 5.91 Å². The minimum absolute atomic E-state index is 0.0490. The first-order chi connectivity index (χ1) is 17.8. The minimum Gasteiger partial charge on any atom is -0.488 e. The Morgan fingerprint density at radius 2 is 1.87 bits per heavy atom. The molecule has 10 nitrogen and oxygen atoms in total. The molecule has 2 aromatic carbocycles. The Morgan fingerprint density at radius 1 is 1.21 bits per heavy atom. The summed E-state index contributed by atoms with van der Waals surface area (Å²) >= 11 is 0. The standard InChI is InChI=1S/C26H35FN4O6S/c1-16(2)28-26(34)29-20-8-11-23-22(12-20)25(33)31(18(4)15-32)13-17(3)24(37-23)14-30(5)38(35,36)21-9-6-19(27)7-10-21/h6-12,16-18,24,32H,13-15H2,1-5H3,(H2,28,29,34)/t17-,18+,24-/m1/s1. The molecule has 3 atom stereocenters. The molecule has 12 heteroatoms. The Kier molecular flexibility index (Phi) is 9.34. The second kappa shape index (κ2) is 12.1. The third-order valence-corrected chi connectivity index (χ3v) is 8.14. The van der Waals surface area contributed by atoms with Gasteiger partial charge in [0, 0.05) is 31.2 Å². The molecule has 0 saturated carbocycles. The SMILES string of the molecule is CC(C)NC(=O)Nc1ccc2c(c1)C(=O)N([C@@H](C)CO)C[C@@H](C)[C@@H](CN(C)S(=O)(=O)c1ccc(F)cc1)O2. The molecule has 0 spiro atoms. The number of carbonyl (C=O) groups is 2. The Bertz CT molecular complexity index is 1250. The lowest BCUT2D eigenvalue weighted by atomic mass is 9.99. The molecule has 38 heavy (non-hydrogen) atoms. The molecule has 3 rings (SSSR count). The fourth-order valence-corrected chi connectivity index (χ4v) is 5.27. The smallest absolute Gasteiger partial charge is 0.319 e. The van der Waals surface area contributed by atoms with Gasteiger partial charge < -0.3 is 25.4 Å². The molecule has 1 heterocycles. The first-order valence-corrected chi connectivity index (χ1v) is 13.8. The lowest BCUT2D eigenvalue weighted by Crippen LogP contribution is -2.50. The number of halogens is 1. The van der Waals surface area contributed by atoms with Gasteiger partial charge in [-0.1, -0.05) is 6.92 Å². The Morgan fingerprint density at radius 3 is 2.47 bits per heavy atom. The zero-order valence-electron chi connectivity index (χ0n) is 22.1. The number of likely N-dealkylation sites (N-methyl/N-ethyl adjacent to an activating group) is 1. The van der Waals surface area contributed by atoms with Crippen LogP contribution < -0.4 is 15.4 Å². The number of hydrogen-bond acceptors (Lipinski definition) is 6. The van der Waals surface area contributed by atoms with E-state index in [1.54, 1.807) is 19.1 Å². The van der Waals surface area contributed by atoms with Crippen molar-refractivity contribution in [2.75, 3.05) is 32.1 Å². The predicted molar refractivity (Wildman–Crippen MR) is 141 cm³/mol. The maximum absolute atomic E-state index is 13.5. The zero-order valence-corrected chi connectivity index (χ0v) is 23.0. The Hall–Kier alpha value is -3.22. The summed E-state index contributed by atoms with van der Waals surface area (Å²) in [6.45, 7) is 7.07. The summed E-state index contributed by atoms with van der Waals surface area (Å²) in [5.41, 5.74) is 0.547. The van der Waals surface area contributed by atoms with Crippen LogP contribution in [0.2, 0.25) is 0 Å². The third-order valence-electron chi connectivity index (χ3n) is 6.30. The highest BCUT2D eigenvalue weighted by Gasteiger charge is 2.35.